The van der Waals surface area contributed by atoms with Crippen LogP contribution in [0.3, 0.4) is 0 Å². The van der Waals surface area contributed by atoms with E-state index in [2.05, 4.69) is 15.5 Å². The van der Waals surface area contributed by atoms with Crippen LogP contribution >= 0.6 is 11.6 Å². The molecule has 1 unspecified atom stereocenters. The second kappa shape index (κ2) is 8.08. The topological polar surface area (TPSA) is 81.9 Å². The summed E-state index contributed by atoms with van der Waals surface area (Å²) in [5.41, 5.74) is 2.78. The maximum absolute atomic E-state index is 9.35. The van der Waals surface area contributed by atoms with Crippen molar-refractivity contribution in [3.63, 3.8) is 0 Å². The molecule has 0 radical (unpaired) electrons. The second-order valence-electron chi connectivity index (χ2n) is 5.92. The van der Waals surface area contributed by atoms with Crippen molar-refractivity contribution in [2.45, 2.75) is 13.0 Å². The molecule has 0 aliphatic rings. The molecule has 132 valence electrons. The van der Waals surface area contributed by atoms with Gasteiger partial charge in [0.1, 0.15) is 5.69 Å². The summed E-state index contributed by atoms with van der Waals surface area (Å²) in [5.74, 6) is 0.380. The Labute approximate surface area is 157 Å². The molecule has 0 saturated heterocycles. The summed E-state index contributed by atoms with van der Waals surface area (Å²) in [6.45, 7) is 1.74. The van der Waals surface area contributed by atoms with Crippen molar-refractivity contribution in [3.05, 3.63) is 76.8 Å². The van der Waals surface area contributed by atoms with Crippen LogP contribution in [-0.2, 0) is 0 Å². The SMILES string of the molecule is CC(CO)Nc1nnc(-c2ccccc2)c(Cl)c1C(=N)c1ccccc1. The summed E-state index contributed by atoms with van der Waals surface area (Å²) in [6.07, 6.45) is 0. The summed E-state index contributed by atoms with van der Waals surface area (Å²) in [7, 11) is 0. The van der Waals surface area contributed by atoms with Crippen molar-refractivity contribution in [2.75, 3.05) is 11.9 Å². The first-order valence-corrected chi connectivity index (χ1v) is 8.63. The van der Waals surface area contributed by atoms with Crippen LogP contribution in [0.4, 0.5) is 5.82 Å². The Morgan fingerprint density at radius 2 is 1.69 bits per heavy atom. The molecule has 26 heavy (non-hydrogen) atoms. The quantitative estimate of drug-likeness (QED) is 0.576. The number of hydrogen-bond acceptors (Lipinski definition) is 5. The number of hydrogen-bond donors (Lipinski definition) is 3. The minimum Gasteiger partial charge on any atom is -0.394 e. The lowest BCUT2D eigenvalue weighted by Gasteiger charge is -2.18. The van der Waals surface area contributed by atoms with E-state index in [0.717, 1.165) is 11.1 Å². The fraction of sp³-hybridized carbons (Fsp3) is 0.150. The van der Waals surface area contributed by atoms with Gasteiger partial charge in [-0.2, -0.15) is 0 Å². The number of halogens is 1. The molecule has 3 N–H and O–H groups in total. The summed E-state index contributed by atoms with van der Waals surface area (Å²) < 4.78 is 0. The molecule has 0 fully saturated rings. The lowest BCUT2D eigenvalue weighted by atomic mass is 10.0. The molecule has 0 bridgehead atoms. The number of anilines is 1. The monoisotopic (exact) mass is 366 g/mol. The number of aliphatic hydroxyl groups excluding tert-OH is 1. The summed E-state index contributed by atoms with van der Waals surface area (Å²) >= 11 is 6.67. The standard InChI is InChI=1S/C20H19ClN4O/c1-13(12-26)23-20-16(18(22)14-8-4-2-5-9-14)17(21)19(24-25-20)15-10-6-3-7-11-15/h2-11,13,22,26H,12H2,1H3,(H,23,25). The van der Waals surface area contributed by atoms with Gasteiger partial charge in [-0.15, -0.1) is 10.2 Å². The Morgan fingerprint density at radius 3 is 2.31 bits per heavy atom. The first-order chi connectivity index (χ1) is 12.6. The average Bonchev–Trinajstić information content (AvgIpc) is 2.69. The van der Waals surface area contributed by atoms with Crippen LogP contribution in [0.5, 0.6) is 0 Å². The molecule has 0 aliphatic heterocycles. The molecule has 0 spiro atoms. The Bertz CT molecular complexity index is 900. The van der Waals surface area contributed by atoms with E-state index in [1.54, 1.807) is 0 Å². The van der Waals surface area contributed by atoms with Gasteiger partial charge >= 0.3 is 0 Å². The van der Waals surface area contributed by atoms with Crippen molar-refractivity contribution >= 4 is 23.1 Å². The maximum Gasteiger partial charge on any atom is 0.160 e. The number of nitrogens with zero attached hydrogens (tertiary/aromatic N) is 2. The van der Waals surface area contributed by atoms with Gasteiger partial charge in [0.15, 0.2) is 5.82 Å². The van der Waals surface area contributed by atoms with Crippen LogP contribution in [0, 0.1) is 5.41 Å². The number of rotatable bonds is 6. The van der Waals surface area contributed by atoms with Gasteiger partial charge in [0.2, 0.25) is 0 Å². The average molecular weight is 367 g/mol. The molecule has 0 aliphatic carbocycles. The minimum atomic E-state index is -0.245. The third kappa shape index (κ3) is 3.74. The van der Waals surface area contributed by atoms with Crippen LogP contribution in [0.15, 0.2) is 60.7 Å². The van der Waals surface area contributed by atoms with Crippen LogP contribution in [0.2, 0.25) is 5.02 Å². The molecule has 5 nitrogen and oxygen atoms in total. The van der Waals surface area contributed by atoms with E-state index in [0.29, 0.717) is 22.1 Å². The number of benzene rings is 2. The molecule has 3 aromatic rings. The van der Waals surface area contributed by atoms with Gasteiger partial charge in [-0.05, 0) is 6.92 Å². The lowest BCUT2D eigenvalue weighted by molar-refractivity contribution is 0.281. The van der Waals surface area contributed by atoms with E-state index < -0.39 is 0 Å². The zero-order valence-electron chi connectivity index (χ0n) is 14.3. The molecular weight excluding hydrogens is 348 g/mol. The van der Waals surface area contributed by atoms with E-state index in [1.807, 2.05) is 67.6 Å². The van der Waals surface area contributed by atoms with Gasteiger partial charge in [-0.1, -0.05) is 72.3 Å². The Kier molecular flexibility index (Phi) is 5.61. The predicted octanol–water partition coefficient (Wildman–Crippen LogP) is 4.01. The first kappa shape index (κ1) is 18.0. The molecule has 0 saturated carbocycles. The zero-order chi connectivity index (χ0) is 18.5. The molecular formula is C20H19ClN4O. The third-order valence-electron chi connectivity index (χ3n) is 3.93. The molecule has 1 atom stereocenters. The van der Waals surface area contributed by atoms with E-state index in [1.165, 1.54) is 0 Å². The van der Waals surface area contributed by atoms with Crippen LogP contribution in [0.25, 0.3) is 11.3 Å². The predicted molar refractivity (Wildman–Crippen MR) is 105 cm³/mol. The van der Waals surface area contributed by atoms with E-state index >= 15 is 0 Å². The summed E-state index contributed by atoms with van der Waals surface area (Å²) in [5, 5.41) is 29.9. The van der Waals surface area contributed by atoms with Gasteiger partial charge in [-0.3, -0.25) is 5.41 Å². The Morgan fingerprint density at radius 1 is 1.08 bits per heavy atom. The van der Waals surface area contributed by atoms with Gasteiger partial charge in [0.25, 0.3) is 0 Å². The Hall–Kier alpha value is -2.76. The van der Waals surface area contributed by atoms with Crippen molar-refractivity contribution in [2.24, 2.45) is 0 Å². The van der Waals surface area contributed by atoms with Crippen molar-refractivity contribution in [1.82, 2.24) is 10.2 Å². The highest BCUT2D eigenvalue weighted by atomic mass is 35.5. The summed E-state index contributed by atoms with van der Waals surface area (Å²) in [6, 6.07) is 18.6. The molecule has 6 heteroatoms. The van der Waals surface area contributed by atoms with Crippen LogP contribution in [-0.4, -0.2) is 33.7 Å². The van der Waals surface area contributed by atoms with E-state index in [9.17, 15) is 5.11 Å². The minimum absolute atomic E-state index is 0.0716. The fourth-order valence-corrected chi connectivity index (χ4v) is 2.89. The van der Waals surface area contributed by atoms with Gasteiger partial charge in [0.05, 0.1) is 22.9 Å². The lowest BCUT2D eigenvalue weighted by Crippen LogP contribution is -2.23. The second-order valence-corrected chi connectivity index (χ2v) is 6.30. The number of aliphatic hydroxyl groups is 1. The number of aromatic nitrogens is 2. The normalized spacial score (nSPS) is 11.8. The van der Waals surface area contributed by atoms with Crippen molar-refractivity contribution in [3.8, 4) is 11.3 Å². The molecule has 2 aromatic carbocycles. The molecule has 1 aromatic heterocycles. The maximum atomic E-state index is 9.35. The smallest absolute Gasteiger partial charge is 0.160 e. The van der Waals surface area contributed by atoms with Gasteiger partial charge in [-0.25, -0.2) is 0 Å². The molecule has 1 heterocycles. The highest BCUT2D eigenvalue weighted by Gasteiger charge is 2.21. The van der Waals surface area contributed by atoms with E-state index in [4.69, 9.17) is 17.0 Å². The van der Waals surface area contributed by atoms with Gasteiger partial charge in [0, 0.05) is 17.2 Å². The van der Waals surface area contributed by atoms with Crippen molar-refractivity contribution < 1.29 is 5.11 Å². The third-order valence-corrected chi connectivity index (χ3v) is 4.30. The molecule has 0 amide bonds. The van der Waals surface area contributed by atoms with Crippen LogP contribution < -0.4 is 5.32 Å². The van der Waals surface area contributed by atoms with Crippen LogP contribution in [0.1, 0.15) is 18.1 Å². The molecule has 3 rings (SSSR count). The largest absolute Gasteiger partial charge is 0.394 e. The number of nitrogens with one attached hydrogen (secondary N) is 2. The highest BCUT2D eigenvalue weighted by Crippen LogP contribution is 2.33. The fourth-order valence-electron chi connectivity index (χ4n) is 2.55. The summed E-state index contributed by atoms with van der Waals surface area (Å²) in [4.78, 5) is 0. The Balaban J connectivity index is 2.15. The van der Waals surface area contributed by atoms with Crippen molar-refractivity contribution in [1.29, 1.82) is 5.41 Å². The van der Waals surface area contributed by atoms with E-state index in [-0.39, 0.29) is 18.4 Å². The first-order valence-electron chi connectivity index (χ1n) is 8.25. The zero-order valence-corrected chi connectivity index (χ0v) is 15.0. The van der Waals surface area contributed by atoms with Gasteiger partial charge < -0.3 is 10.4 Å². The highest BCUT2D eigenvalue weighted by molar-refractivity contribution is 6.38.